The average Bonchev–Trinajstić information content (AvgIpc) is 3.12. The molecule has 0 spiro atoms. The van der Waals surface area contributed by atoms with E-state index in [4.69, 9.17) is 4.74 Å². The van der Waals surface area contributed by atoms with Crippen molar-refractivity contribution in [3.8, 4) is 5.69 Å². The van der Waals surface area contributed by atoms with Crippen molar-refractivity contribution in [3.05, 3.63) is 35.9 Å². The van der Waals surface area contributed by atoms with Gasteiger partial charge in [0.25, 0.3) is 11.7 Å². The van der Waals surface area contributed by atoms with Crippen LogP contribution in [0.4, 0.5) is 19.1 Å². The molecule has 0 saturated carbocycles. The number of rotatable bonds is 4. The normalized spacial score (nSPS) is 16.4. The third-order valence-corrected chi connectivity index (χ3v) is 3.57. The van der Waals surface area contributed by atoms with Gasteiger partial charge in [0.15, 0.2) is 0 Å². The number of ether oxygens (including phenoxy) is 1. The molecule has 3 rings (SSSR count). The molecule has 0 aliphatic carbocycles. The third kappa shape index (κ3) is 3.19. The quantitative estimate of drug-likeness (QED) is 0.800. The van der Waals surface area contributed by atoms with Gasteiger partial charge in [0.05, 0.1) is 18.8 Å². The van der Waals surface area contributed by atoms with Crippen LogP contribution in [0.15, 0.2) is 24.3 Å². The molecule has 24 heavy (non-hydrogen) atoms. The number of esters is 1. The SMILES string of the molecule is CCOC(=O)c1nc(N2CCC(F)(F)C2)n(-c2ccc(F)cc2)n1. The second-order valence-corrected chi connectivity index (χ2v) is 5.37. The van der Waals surface area contributed by atoms with Gasteiger partial charge in [-0.05, 0) is 31.2 Å². The van der Waals surface area contributed by atoms with E-state index in [1.807, 2.05) is 0 Å². The summed E-state index contributed by atoms with van der Waals surface area (Å²) in [5.41, 5.74) is 0.407. The van der Waals surface area contributed by atoms with E-state index in [-0.39, 0.29) is 31.3 Å². The Bertz CT molecular complexity index is 746. The summed E-state index contributed by atoms with van der Waals surface area (Å²) in [5.74, 6) is -4.15. The van der Waals surface area contributed by atoms with Crippen molar-refractivity contribution in [2.24, 2.45) is 0 Å². The summed E-state index contributed by atoms with van der Waals surface area (Å²) in [4.78, 5) is 17.2. The number of aromatic nitrogens is 3. The Morgan fingerprint density at radius 2 is 2.04 bits per heavy atom. The number of nitrogens with zero attached hydrogens (tertiary/aromatic N) is 4. The van der Waals surface area contributed by atoms with E-state index < -0.39 is 24.3 Å². The average molecular weight is 340 g/mol. The van der Waals surface area contributed by atoms with Crippen molar-refractivity contribution in [1.29, 1.82) is 0 Å². The zero-order valence-corrected chi connectivity index (χ0v) is 12.9. The molecule has 0 atom stereocenters. The maximum absolute atomic E-state index is 13.5. The minimum absolute atomic E-state index is 0.0785. The van der Waals surface area contributed by atoms with Gasteiger partial charge in [-0.25, -0.2) is 18.0 Å². The number of benzene rings is 1. The van der Waals surface area contributed by atoms with E-state index in [9.17, 15) is 18.0 Å². The molecule has 1 fully saturated rings. The molecule has 0 N–H and O–H groups in total. The number of carbonyl (C=O) groups is 1. The van der Waals surface area contributed by atoms with E-state index in [1.165, 1.54) is 33.8 Å². The Kier molecular flexibility index (Phi) is 4.16. The highest BCUT2D eigenvalue weighted by atomic mass is 19.3. The monoisotopic (exact) mass is 340 g/mol. The molecule has 1 aromatic carbocycles. The number of carbonyl (C=O) groups excluding carboxylic acids is 1. The first-order valence-corrected chi connectivity index (χ1v) is 7.42. The van der Waals surface area contributed by atoms with Crippen LogP contribution >= 0.6 is 0 Å². The summed E-state index contributed by atoms with van der Waals surface area (Å²) in [5, 5.41) is 4.04. The predicted octanol–water partition coefficient (Wildman–Crippen LogP) is 2.43. The topological polar surface area (TPSA) is 60.2 Å². The zero-order chi connectivity index (χ0) is 17.3. The molecule has 0 bridgehead atoms. The molecule has 1 aliphatic heterocycles. The van der Waals surface area contributed by atoms with Crippen LogP contribution < -0.4 is 4.90 Å². The molecule has 2 aromatic rings. The van der Waals surface area contributed by atoms with Crippen LogP contribution in [0.2, 0.25) is 0 Å². The lowest BCUT2D eigenvalue weighted by molar-refractivity contribution is 0.0256. The first kappa shape index (κ1) is 16.3. The van der Waals surface area contributed by atoms with Crippen molar-refractivity contribution >= 4 is 11.9 Å². The number of hydrogen-bond acceptors (Lipinski definition) is 5. The largest absolute Gasteiger partial charge is 0.460 e. The van der Waals surface area contributed by atoms with Gasteiger partial charge in [-0.1, -0.05) is 0 Å². The van der Waals surface area contributed by atoms with Gasteiger partial charge >= 0.3 is 5.97 Å². The van der Waals surface area contributed by atoms with Gasteiger partial charge in [-0.2, -0.15) is 9.67 Å². The summed E-state index contributed by atoms with van der Waals surface area (Å²) in [7, 11) is 0. The van der Waals surface area contributed by atoms with Gasteiger partial charge in [-0.15, -0.1) is 5.10 Å². The van der Waals surface area contributed by atoms with Crippen molar-refractivity contribution in [1.82, 2.24) is 14.8 Å². The highest BCUT2D eigenvalue weighted by Gasteiger charge is 2.40. The molecule has 9 heteroatoms. The predicted molar refractivity (Wildman–Crippen MR) is 79.1 cm³/mol. The molecule has 128 valence electrons. The number of anilines is 1. The summed E-state index contributed by atoms with van der Waals surface area (Å²) >= 11 is 0. The first-order chi connectivity index (χ1) is 11.4. The van der Waals surface area contributed by atoms with E-state index >= 15 is 0 Å². The summed E-state index contributed by atoms with van der Waals surface area (Å²) in [6.07, 6.45) is -0.308. The molecular formula is C15H15F3N4O2. The van der Waals surface area contributed by atoms with Gasteiger partial charge in [0.2, 0.25) is 5.95 Å². The van der Waals surface area contributed by atoms with Gasteiger partial charge in [-0.3, -0.25) is 0 Å². The van der Waals surface area contributed by atoms with Crippen LogP contribution in [0.25, 0.3) is 5.69 Å². The highest BCUT2D eigenvalue weighted by molar-refractivity contribution is 5.85. The van der Waals surface area contributed by atoms with Gasteiger partial charge < -0.3 is 9.64 Å². The second-order valence-electron chi connectivity index (χ2n) is 5.37. The molecule has 0 unspecified atom stereocenters. The molecule has 0 amide bonds. The van der Waals surface area contributed by atoms with Crippen molar-refractivity contribution < 1.29 is 22.7 Å². The number of hydrogen-bond donors (Lipinski definition) is 0. The summed E-state index contributed by atoms with van der Waals surface area (Å²) < 4.78 is 46.2. The third-order valence-electron chi connectivity index (χ3n) is 3.57. The maximum Gasteiger partial charge on any atom is 0.378 e. The van der Waals surface area contributed by atoms with Crippen molar-refractivity contribution in [2.75, 3.05) is 24.6 Å². The Morgan fingerprint density at radius 1 is 1.33 bits per heavy atom. The van der Waals surface area contributed by atoms with E-state index in [1.54, 1.807) is 6.92 Å². The van der Waals surface area contributed by atoms with E-state index in [0.717, 1.165) is 0 Å². The number of alkyl halides is 2. The molecule has 1 saturated heterocycles. The summed E-state index contributed by atoms with van der Waals surface area (Å²) in [6.45, 7) is 1.34. The lowest BCUT2D eigenvalue weighted by Gasteiger charge is -2.17. The smallest absolute Gasteiger partial charge is 0.378 e. The maximum atomic E-state index is 13.5. The van der Waals surface area contributed by atoms with Crippen molar-refractivity contribution in [2.45, 2.75) is 19.3 Å². The van der Waals surface area contributed by atoms with Gasteiger partial charge in [0.1, 0.15) is 5.82 Å². The molecule has 1 aromatic heterocycles. The Hall–Kier alpha value is -2.58. The summed E-state index contributed by atoms with van der Waals surface area (Å²) in [6, 6.07) is 5.28. The fourth-order valence-electron chi connectivity index (χ4n) is 2.45. The standard InChI is InChI=1S/C15H15F3N4O2/c1-2-24-13(23)12-19-14(21-8-7-15(17,18)9-21)22(20-12)11-5-3-10(16)4-6-11/h3-6H,2,7-9H2,1H3. The van der Waals surface area contributed by atoms with Crippen LogP contribution in [-0.4, -0.2) is 46.4 Å². The highest BCUT2D eigenvalue weighted by Crippen LogP contribution is 2.31. The Balaban J connectivity index is 2.01. The molecule has 1 aliphatic rings. The minimum Gasteiger partial charge on any atom is -0.460 e. The Labute approximate surface area is 135 Å². The molecule has 0 radical (unpaired) electrons. The van der Waals surface area contributed by atoms with Crippen LogP contribution in [0.5, 0.6) is 0 Å². The first-order valence-electron chi connectivity index (χ1n) is 7.42. The Morgan fingerprint density at radius 3 is 2.62 bits per heavy atom. The van der Waals surface area contributed by atoms with Crippen LogP contribution in [0, 0.1) is 5.82 Å². The van der Waals surface area contributed by atoms with Crippen molar-refractivity contribution in [3.63, 3.8) is 0 Å². The number of halogens is 3. The molecular weight excluding hydrogens is 325 g/mol. The van der Waals surface area contributed by atoms with Gasteiger partial charge in [0, 0.05) is 13.0 Å². The lowest BCUT2D eigenvalue weighted by atomic mass is 10.3. The molecule has 6 nitrogen and oxygen atoms in total. The molecule has 2 heterocycles. The fraction of sp³-hybridized carbons (Fsp3) is 0.400. The van der Waals surface area contributed by atoms with Crippen LogP contribution in [0.3, 0.4) is 0 Å². The fourth-order valence-corrected chi connectivity index (χ4v) is 2.45. The van der Waals surface area contributed by atoms with E-state index in [2.05, 4.69) is 10.1 Å². The van der Waals surface area contributed by atoms with Crippen LogP contribution in [-0.2, 0) is 4.74 Å². The second kappa shape index (κ2) is 6.14. The minimum atomic E-state index is -2.83. The lowest BCUT2D eigenvalue weighted by Crippen LogP contribution is -2.27. The van der Waals surface area contributed by atoms with Crippen LogP contribution in [0.1, 0.15) is 24.0 Å². The zero-order valence-electron chi connectivity index (χ0n) is 12.9. The van der Waals surface area contributed by atoms with E-state index in [0.29, 0.717) is 5.69 Å².